The highest BCUT2D eigenvalue weighted by Gasteiger charge is 2.47. The minimum absolute atomic E-state index is 0.0343. The zero-order valence-electron chi connectivity index (χ0n) is 171. The highest BCUT2D eigenvalue weighted by atomic mass is 16.5. The van der Waals surface area contributed by atoms with Gasteiger partial charge < -0.3 is 87.5 Å². The Morgan fingerprint density at radius 2 is 0.525 bits per heavy atom. The van der Waals surface area contributed by atoms with Gasteiger partial charge in [0.15, 0.2) is 69.0 Å². The van der Waals surface area contributed by atoms with Gasteiger partial charge in [0.25, 0.3) is 0 Å². The second-order valence-corrected chi connectivity index (χ2v) is 35.2. The van der Waals surface area contributed by atoms with E-state index in [4.69, 9.17) is 173 Å². The minimum Gasteiger partial charge on any atom is -0.493 e. The summed E-state index contributed by atoms with van der Waals surface area (Å²) in [4.78, 5) is 0.731. The van der Waals surface area contributed by atoms with E-state index in [1.54, 1.807) is 13.8 Å². The van der Waals surface area contributed by atoms with Crippen LogP contribution < -0.4 is 56.8 Å². The number of fused-ring (bicyclic) bond motifs is 18. The van der Waals surface area contributed by atoms with Crippen molar-refractivity contribution in [1.29, 1.82) is 0 Å². The predicted molar refractivity (Wildman–Crippen MR) is 561 cm³/mol. The van der Waals surface area contributed by atoms with E-state index < -0.39 is 551 Å². The first kappa shape index (κ1) is 42.2. The van der Waals surface area contributed by atoms with Gasteiger partial charge in [-0.25, -0.2) is 0 Å². The van der Waals surface area contributed by atoms with Crippen LogP contribution in [-0.4, -0.2) is 260 Å². The molecule has 6 saturated heterocycles. The number of aliphatic hydroxyl groups excluding tert-OH is 5. The summed E-state index contributed by atoms with van der Waals surface area (Å²) in [6.07, 6.45) is -53.0. The molecule has 0 aliphatic carbocycles. The van der Waals surface area contributed by atoms with Gasteiger partial charge in [0, 0.05) is 200 Å². The average Bonchev–Trinajstić information content (AvgIpc) is 0.631. The molecule has 0 aromatic heterocycles. The molecule has 6 N–H and O–H groups in total. The Kier molecular flexibility index (Phi) is 14.5. The molecule has 786 valence electrons. The van der Waals surface area contributed by atoms with E-state index in [0.717, 1.165) is 35.5 Å². The summed E-state index contributed by atoms with van der Waals surface area (Å²) in [7, 11) is 0.0114. The van der Waals surface area contributed by atoms with Crippen LogP contribution in [0.1, 0.15) is 407 Å². The Morgan fingerprint density at radius 3 is 0.766 bits per heavy atom. The predicted octanol–water partition coefficient (Wildman–Crippen LogP) is 19.3. The fourth-order valence-electron chi connectivity index (χ4n) is 16.3. The molecule has 0 spiro atoms. The molecule has 6 fully saturated rings. The molecule has 12 aliphatic rings. The molecule has 24 heteroatoms. The Labute approximate surface area is 972 Å². The number of ether oxygens (including phenoxy) is 12. The molecule has 0 radical (unpaired) electrons. The molecule has 18 unspecified atom stereocenters. The average molecular weight is 2050 g/mol. The topological polar surface area (TPSA) is 252 Å². The van der Waals surface area contributed by atoms with E-state index in [9.17, 15) is 37.5 Å². The van der Waals surface area contributed by atoms with Crippen LogP contribution in [0.25, 0.3) is 0 Å². The van der Waals surface area contributed by atoms with E-state index in [0.29, 0.717) is 28.5 Å². The normalized spacial score (nSPS) is 48.3. The maximum Gasteiger partial charge on any atom is 0.161 e. The number of methoxy groups -OCH3 is 12. The summed E-state index contributed by atoms with van der Waals surface area (Å²) in [6, 6.07) is -26.5. The van der Waals surface area contributed by atoms with Gasteiger partial charge in [-0.05, 0) is 324 Å². The summed E-state index contributed by atoms with van der Waals surface area (Å²) in [5.74, 6) is -21.0. The van der Waals surface area contributed by atoms with Crippen molar-refractivity contribution < 1.29 is 211 Å². The largest absolute Gasteiger partial charge is 0.493 e. The van der Waals surface area contributed by atoms with Crippen molar-refractivity contribution in [3.8, 4) is 69.0 Å². The van der Waals surface area contributed by atoms with Crippen molar-refractivity contribution >= 4 is 0 Å². The van der Waals surface area contributed by atoms with Crippen LogP contribution in [0, 0.1) is 69.5 Å². The molecule has 6 aromatic rings. The lowest BCUT2D eigenvalue weighted by Gasteiger charge is -2.47. The van der Waals surface area contributed by atoms with Gasteiger partial charge >= 0.3 is 0 Å². The van der Waals surface area contributed by atoms with Gasteiger partial charge in [0.05, 0.1) is 159 Å². The van der Waals surface area contributed by atoms with Crippen molar-refractivity contribution in [3.05, 3.63) is 139 Å². The number of aliphatic hydroxyl groups is 6. The first-order valence-corrected chi connectivity index (χ1v) is 44.3. The van der Waals surface area contributed by atoms with E-state index in [1.165, 1.54) is 28.4 Å². The molecule has 6 aromatic carbocycles. The molecule has 0 saturated carbocycles. The quantitative estimate of drug-likeness (QED) is 0.0392. The van der Waals surface area contributed by atoms with Gasteiger partial charge in [0.1, 0.15) is 0 Å². The molecule has 12 aliphatic heterocycles. The first-order chi connectivity index (χ1) is 102. The van der Waals surface area contributed by atoms with Gasteiger partial charge in [-0.2, -0.15) is 0 Å². The minimum atomic E-state index is -4.69. The maximum absolute atomic E-state index is 11.6. The van der Waals surface area contributed by atoms with Gasteiger partial charge in [-0.3, -0.25) is 29.4 Å². The maximum atomic E-state index is 11.6. The highest BCUT2D eigenvalue weighted by Crippen LogP contribution is 2.53. The molecular formula is C117H180N6O18. The molecular weight excluding hydrogens is 1780 g/mol. The van der Waals surface area contributed by atoms with Gasteiger partial charge in [-0.1, -0.05) is 103 Å². The zero-order chi connectivity index (χ0) is 181. The molecule has 0 bridgehead atoms. The number of rotatable bonds is 21. The standard InChI is InChI=1S/3C20H31NO3.3C19H29NO3/c3*1-20(2,3)11-14-12-21-7-6-13-8-18(23-4)19(24-5)9-15(13)16(21)10-17(14)22;3*1-12(2)7-14-11-20-6-5-13-8-18(22-3)19(23-4)9-15(13)16(20)10-17(14)21/h3*8-9,14,16-17,22H,6-7,10-12H2,1-5H3;3*8-9,12,14,16-17,21H,5-7,10-11H2,1-4H3/i1D3,2D3,5D3,6D2,7D2,8D,9D,10D2,11D2,12D2,14D,17D;1D3,2D3,5D3,6D2,7D2,8D,9D,11D2,12D2,16D;1D3,2D3,6D2,7D2,8D,9D,11D2,12D2,16D;4D3,5D2,6D2,8D,9D,11D2,16D;2*5D2,6D2,8D,9D,11D2,16D. The third-order valence-electron chi connectivity index (χ3n) is 22.6. The Balaban J connectivity index is 0.000000220. The highest BCUT2D eigenvalue weighted by molar-refractivity contribution is 5.55. The van der Waals surface area contributed by atoms with Crippen LogP contribution in [-0.2, 0) is 38.2 Å². The number of hydrogen-bond donors (Lipinski definition) is 6. The fourth-order valence-corrected chi connectivity index (χ4v) is 16.3. The Bertz CT molecular complexity index is 9380. The lowest BCUT2D eigenvalue weighted by molar-refractivity contribution is -0.0259. The monoisotopic (exact) mass is 2050 g/mol. The Morgan fingerprint density at radius 1 is 0.312 bits per heavy atom. The second-order valence-electron chi connectivity index (χ2n) is 35.2. The second kappa shape index (κ2) is 48.4. The van der Waals surface area contributed by atoms with Crippen LogP contribution in [0.4, 0.5) is 0 Å². The van der Waals surface area contributed by atoms with Gasteiger partial charge in [-0.15, -0.1) is 0 Å². The summed E-state index contributed by atoms with van der Waals surface area (Å²) in [5.41, 5.74) is -20.1. The fraction of sp³-hybridized carbons (Fsp3) is 0.692. The molecule has 141 heavy (non-hydrogen) atoms. The van der Waals surface area contributed by atoms with Crippen molar-refractivity contribution in [2.75, 3.05) is 163 Å². The number of piperidine rings is 6. The first-order valence-electron chi connectivity index (χ1n) is 89.3. The summed E-state index contributed by atoms with van der Waals surface area (Å²) in [6.45, 7) is -51.1. The van der Waals surface area contributed by atoms with E-state index >= 15 is 0 Å². The van der Waals surface area contributed by atoms with Crippen LogP contribution >= 0.6 is 0 Å². The Hall–Kier alpha value is -7.56. The lowest BCUT2D eigenvalue weighted by Crippen LogP contribution is -2.48. The summed E-state index contributed by atoms with van der Waals surface area (Å²) >= 11 is 0. The third kappa shape index (κ3) is 26.9. The van der Waals surface area contributed by atoms with Crippen LogP contribution in [0.3, 0.4) is 0 Å². The van der Waals surface area contributed by atoms with Crippen molar-refractivity contribution in [2.45, 2.75) is 291 Å². The SMILES string of the molecule is [2H]c1c(OC([2H])([2H])[2H])c(OC)c([2H])c2c1C1([2H])CC(O)C(C([2H])([2H])C(C)(C([2H])([2H])[2H])C([2H])([2H])[2H])C([2H])([2H])N1C([2H])([2H])C2([2H])[2H].[2H]c1c(OC([2H])([2H])[2H])c(OC)c([2H])c2c1C1([2H])CC(O)C(CC(C)C)C([2H])([2H])N1C([2H])([2H])C2([2H])[2H].[2H]c1c(OC([2H])([2H])[2H])c(OC)c([2H])c2c1C1N(C([2H])([2H])C2([2H])[2H])C([2H])([2H])C([2H])(C([2H])([2H])C(C)(C([2H])([2H])[2H])C([2H])([2H])[2H])C([2H])(O)C1([2H])[2H].[2H]c1c(OC)c(OC)c([2H])c2c1C1([2H])CC(O)C(C([2H])([2H])C(C)(C([2H])([2H])[2H])C([2H])([2H])[2H])C([2H])([2H])N1C([2H])([2H])C2([2H])[2H].[2H]c1c(OC)c(OC)c([2H])c2c1C1([2H])CC(O)C(CC(C)C)C([2H])([2H])N1C([2H])([2H])C2([2H])[2H].[2H]c1c(OC)c(OC)c([2H])c2c1C1([2H])CC(O)C(CC(C)C)C([2H])([2H])N1C([2H])([2H])C2([2H])[2H]. The van der Waals surface area contributed by atoms with Gasteiger partial charge in [0.2, 0.25) is 0 Å². The third-order valence-corrected chi connectivity index (χ3v) is 22.6. The smallest absolute Gasteiger partial charge is 0.161 e. The molecule has 18 rings (SSSR count). The number of nitrogens with zero attached hydrogens (tertiary/aromatic N) is 6. The molecule has 0 amide bonds. The van der Waals surface area contributed by atoms with E-state index in [1.807, 2.05) is 27.7 Å². The number of hydrogen-bond acceptors (Lipinski definition) is 24. The van der Waals surface area contributed by atoms with Crippen molar-refractivity contribution in [2.24, 2.45) is 69.5 Å². The lowest BCUT2D eigenvalue weighted by atomic mass is 9.75. The summed E-state index contributed by atoms with van der Waals surface area (Å²) in [5, 5.41) is 67.0. The molecule has 18 atom stereocenters. The van der Waals surface area contributed by atoms with E-state index in [2.05, 4.69) is 0 Å². The van der Waals surface area contributed by atoms with Crippen molar-refractivity contribution in [3.63, 3.8) is 0 Å². The molecule has 24 nitrogen and oxygen atoms in total. The van der Waals surface area contributed by atoms with Crippen molar-refractivity contribution in [1.82, 2.24) is 29.4 Å². The zero-order valence-corrected chi connectivity index (χ0v) is 80.5. The number of benzene rings is 6. The van der Waals surface area contributed by atoms with Crippen LogP contribution in [0.2, 0.25) is 0 Å². The van der Waals surface area contributed by atoms with Crippen LogP contribution in [0.5, 0.6) is 69.0 Å². The van der Waals surface area contributed by atoms with Crippen LogP contribution in [0.15, 0.2) is 72.5 Å². The molecule has 12 heterocycles. The summed E-state index contributed by atoms with van der Waals surface area (Å²) < 4.78 is 822. The van der Waals surface area contributed by atoms with E-state index in [-0.39, 0.29) is 76.7 Å².